The third kappa shape index (κ3) is 24.4. The second kappa shape index (κ2) is 24.1. The number of unbranched alkanes of at least 4 members (excludes halogenated alkanes) is 10. The second-order valence-electron chi connectivity index (χ2n) is 9.02. The van der Waals surface area contributed by atoms with Gasteiger partial charge in [0.1, 0.15) is 12.7 Å². The van der Waals surface area contributed by atoms with Crippen molar-refractivity contribution < 1.29 is 37.9 Å². The average Bonchev–Trinajstić information content (AvgIpc) is 2.84. The minimum atomic E-state index is -4.38. The molecule has 212 valence electrons. The smallest absolute Gasteiger partial charge is 0.463 e. The molecule has 36 heavy (non-hydrogen) atoms. The summed E-state index contributed by atoms with van der Waals surface area (Å²) in [6.07, 6.45) is 18.8. The quantitative estimate of drug-likeness (QED) is 0.0597. The van der Waals surface area contributed by atoms with E-state index < -0.39 is 26.5 Å². The SMILES string of the molecule is CCCCCCC/C=C\CCCCCCCC(=O)NCCOP(=O)(O)OCC(O)COC(=O)CCC. The summed E-state index contributed by atoms with van der Waals surface area (Å²) in [4.78, 5) is 32.7. The molecular formula is C26H50NO8P. The lowest BCUT2D eigenvalue weighted by atomic mass is 10.1. The van der Waals surface area contributed by atoms with Crippen molar-refractivity contribution in [3.8, 4) is 0 Å². The van der Waals surface area contributed by atoms with E-state index in [1.165, 1.54) is 44.9 Å². The molecule has 0 saturated carbocycles. The van der Waals surface area contributed by atoms with E-state index in [4.69, 9.17) is 9.26 Å². The molecule has 0 aliphatic rings. The minimum absolute atomic E-state index is 0.0782. The third-order valence-corrected chi connectivity index (χ3v) is 6.40. The number of allylic oxidation sites excluding steroid dienone is 2. The molecule has 0 aliphatic heterocycles. The maximum absolute atomic E-state index is 11.9. The van der Waals surface area contributed by atoms with E-state index in [-0.39, 0.29) is 32.1 Å². The highest BCUT2D eigenvalue weighted by Gasteiger charge is 2.23. The topological polar surface area (TPSA) is 131 Å². The van der Waals surface area contributed by atoms with Gasteiger partial charge in [-0.25, -0.2) is 4.57 Å². The largest absolute Gasteiger partial charge is 0.472 e. The Morgan fingerprint density at radius 2 is 1.44 bits per heavy atom. The first-order valence-corrected chi connectivity index (χ1v) is 15.2. The van der Waals surface area contributed by atoms with Gasteiger partial charge < -0.3 is 20.1 Å². The van der Waals surface area contributed by atoms with Crippen molar-refractivity contribution in [1.82, 2.24) is 5.32 Å². The number of carbonyl (C=O) groups excluding carboxylic acids is 2. The highest BCUT2D eigenvalue weighted by atomic mass is 31.2. The second-order valence-corrected chi connectivity index (χ2v) is 10.5. The van der Waals surface area contributed by atoms with Gasteiger partial charge in [-0.1, -0.05) is 70.9 Å². The van der Waals surface area contributed by atoms with Crippen molar-refractivity contribution in [1.29, 1.82) is 0 Å². The van der Waals surface area contributed by atoms with Crippen LogP contribution in [0.1, 0.15) is 110 Å². The number of aliphatic hydroxyl groups is 1. The Morgan fingerprint density at radius 1 is 0.833 bits per heavy atom. The lowest BCUT2D eigenvalue weighted by Gasteiger charge is -2.15. The van der Waals surface area contributed by atoms with E-state index in [0.717, 1.165) is 32.1 Å². The number of nitrogens with one attached hydrogen (secondary N) is 1. The van der Waals surface area contributed by atoms with Crippen molar-refractivity contribution in [3.63, 3.8) is 0 Å². The fourth-order valence-corrected chi connectivity index (χ4v) is 4.11. The Labute approximate surface area is 218 Å². The molecule has 0 heterocycles. The molecule has 0 saturated heterocycles. The highest BCUT2D eigenvalue weighted by Crippen LogP contribution is 2.42. The van der Waals surface area contributed by atoms with Crippen LogP contribution >= 0.6 is 7.82 Å². The van der Waals surface area contributed by atoms with Gasteiger partial charge >= 0.3 is 13.8 Å². The fourth-order valence-electron chi connectivity index (χ4n) is 3.35. The normalized spacial score (nSPS) is 14.0. The zero-order chi connectivity index (χ0) is 26.9. The Hall–Kier alpha value is -1.25. The molecule has 2 unspecified atom stereocenters. The number of amides is 1. The van der Waals surface area contributed by atoms with Crippen LogP contribution in [0.15, 0.2) is 12.2 Å². The van der Waals surface area contributed by atoms with Crippen molar-refractivity contribution in [2.75, 3.05) is 26.4 Å². The molecule has 3 N–H and O–H groups in total. The van der Waals surface area contributed by atoms with Gasteiger partial charge in [-0.3, -0.25) is 18.6 Å². The number of phosphoric ester groups is 1. The lowest BCUT2D eigenvalue weighted by molar-refractivity contribution is -0.147. The summed E-state index contributed by atoms with van der Waals surface area (Å²) in [6, 6.07) is 0. The zero-order valence-corrected chi connectivity index (χ0v) is 23.4. The van der Waals surface area contributed by atoms with Gasteiger partial charge in [0.05, 0.1) is 13.2 Å². The van der Waals surface area contributed by atoms with E-state index in [0.29, 0.717) is 12.8 Å². The van der Waals surface area contributed by atoms with Gasteiger partial charge in [0.25, 0.3) is 0 Å². The van der Waals surface area contributed by atoms with E-state index in [1.54, 1.807) is 0 Å². The summed E-state index contributed by atoms with van der Waals surface area (Å²) in [5, 5.41) is 12.3. The summed E-state index contributed by atoms with van der Waals surface area (Å²) in [5.74, 6) is -0.583. The van der Waals surface area contributed by atoms with E-state index in [1.807, 2.05) is 6.92 Å². The molecule has 9 nitrogen and oxygen atoms in total. The molecular weight excluding hydrogens is 485 g/mol. The first kappa shape index (κ1) is 34.8. The summed E-state index contributed by atoms with van der Waals surface area (Å²) < 4.78 is 26.0. The Balaban J connectivity index is 3.60. The first-order valence-electron chi connectivity index (χ1n) is 13.7. The number of esters is 1. The predicted octanol–water partition coefficient (Wildman–Crippen LogP) is 5.59. The number of hydrogen-bond donors (Lipinski definition) is 3. The molecule has 2 atom stereocenters. The maximum atomic E-state index is 11.9. The molecule has 0 aliphatic carbocycles. The summed E-state index contributed by atoms with van der Waals surface area (Å²) in [5.41, 5.74) is 0. The number of hydrogen-bond acceptors (Lipinski definition) is 7. The zero-order valence-electron chi connectivity index (χ0n) is 22.5. The van der Waals surface area contributed by atoms with Crippen LogP contribution in [0.3, 0.4) is 0 Å². The van der Waals surface area contributed by atoms with Gasteiger partial charge in [-0.2, -0.15) is 0 Å². The standard InChI is InChI=1S/C26H50NO8P/c1-3-5-6-7-8-9-10-11-12-13-14-15-16-17-19-25(29)27-20-21-34-36(31,32)35-23-24(28)22-33-26(30)18-4-2/h10-11,24,28H,3-9,12-23H2,1-2H3,(H,27,29)(H,31,32)/b11-10-. The van der Waals surface area contributed by atoms with Crippen LogP contribution in [0, 0.1) is 0 Å². The van der Waals surface area contributed by atoms with Crippen molar-refractivity contribution in [2.24, 2.45) is 0 Å². The highest BCUT2D eigenvalue weighted by molar-refractivity contribution is 7.47. The fraction of sp³-hybridized carbons (Fsp3) is 0.846. The molecule has 0 aromatic heterocycles. The van der Waals surface area contributed by atoms with Crippen LogP contribution in [-0.2, 0) is 27.9 Å². The van der Waals surface area contributed by atoms with Gasteiger partial charge in [0.2, 0.25) is 5.91 Å². The van der Waals surface area contributed by atoms with Crippen LogP contribution in [0.25, 0.3) is 0 Å². The molecule has 0 radical (unpaired) electrons. The number of aliphatic hydroxyl groups excluding tert-OH is 1. The summed E-state index contributed by atoms with van der Waals surface area (Å²) in [6.45, 7) is 3.09. The van der Waals surface area contributed by atoms with Crippen LogP contribution in [0.2, 0.25) is 0 Å². The Bertz CT molecular complexity index is 629. The van der Waals surface area contributed by atoms with Crippen LogP contribution in [0.5, 0.6) is 0 Å². The number of ether oxygens (including phenoxy) is 1. The van der Waals surface area contributed by atoms with Crippen LogP contribution in [0.4, 0.5) is 0 Å². The van der Waals surface area contributed by atoms with Crippen molar-refractivity contribution in [2.45, 2.75) is 116 Å². The maximum Gasteiger partial charge on any atom is 0.472 e. The van der Waals surface area contributed by atoms with Gasteiger partial charge in [0.15, 0.2) is 0 Å². The molecule has 0 aromatic rings. The van der Waals surface area contributed by atoms with Crippen molar-refractivity contribution in [3.05, 3.63) is 12.2 Å². The molecule has 0 rings (SSSR count). The Morgan fingerprint density at radius 3 is 2.08 bits per heavy atom. The van der Waals surface area contributed by atoms with E-state index in [2.05, 4.69) is 28.9 Å². The first-order chi connectivity index (χ1) is 17.3. The summed E-state index contributed by atoms with van der Waals surface area (Å²) >= 11 is 0. The van der Waals surface area contributed by atoms with Gasteiger partial charge in [-0.15, -0.1) is 0 Å². The molecule has 0 bridgehead atoms. The van der Waals surface area contributed by atoms with E-state index in [9.17, 15) is 24.2 Å². The van der Waals surface area contributed by atoms with Crippen LogP contribution < -0.4 is 5.32 Å². The Kier molecular flexibility index (Phi) is 23.3. The average molecular weight is 536 g/mol. The van der Waals surface area contributed by atoms with Gasteiger partial charge in [0, 0.05) is 19.4 Å². The third-order valence-electron chi connectivity index (χ3n) is 5.42. The summed E-state index contributed by atoms with van der Waals surface area (Å²) in [7, 11) is -4.38. The van der Waals surface area contributed by atoms with E-state index >= 15 is 0 Å². The molecule has 10 heteroatoms. The lowest BCUT2D eigenvalue weighted by Crippen LogP contribution is -2.27. The van der Waals surface area contributed by atoms with Gasteiger partial charge in [-0.05, 0) is 38.5 Å². The monoisotopic (exact) mass is 535 g/mol. The number of phosphoric acid groups is 1. The molecule has 0 aromatic carbocycles. The molecule has 0 spiro atoms. The number of rotatable bonds is 25. The molecule has 1 amide bonds. The number of carbonyl (C=O) groups is 2. The van der Waals surface area contributed by atoms with Crippen LogP contribution in [-0.4, -0.2) is 54.3 Å². The van der Waals surface area contributed by atoms with Crippen molar-refractivity contribution >= 4 is 19.7 Å². The molecule has 0 fully saturated rings. The predicted molar refractivity (Wildman–Crippen MR) is 141 cm³/mol. The minimum Gasteiger partial charge on any atom is -0.463 e.